The molecule has 18 heavy (non-hydrogen) atoms. The molecule has 5 nitrogen and oxygen atoms in total. The molecule has 1 heterocycles. The van der Waals surface area contributed by atoms with E-state index in [4.69, 9.17) is 0 Å². The first-order chi connectivity index (χ1) is 8.53. The maximum atomic E-state index is 11.7. The number of phenolic OH excluding ortho intramolecular Hbond substituents is 1. The van der Waals surface area contributed by atoms with Crippen molar-refractivity contribution in [3.63, 3.8) is 0 Å². The molecule has 1 aliphatic heterocycles. The molecule has 2 rings (SSSR count). The predicted molar refractivity (Wildman–Crippen MR) is 74.6 cm³/mol. The van der Waals surface area contributed by atoms with Crippen molar-refractivity contribution in [1.82, 2.24) is 4.31 Å². The Kier molecular flexibility index (Phi) is 4.14. The van der Waals surface area contributed by atoms with Crippen molar-refractivity contribution in [2.24, 2.45) is 0 Å². The Balaban J connectivity index is 2.01. The zero-order valence-electron chi connectivity index (χ0n) is 9.79. The van der Waals surface area contributed by atoms with Gasteiger partial charge in [-0.25, -0.2) is 8.42 Å². The lowest BCUT2D eigenvalue weighted by Crippen LogP contribution is -2.48. The topological polar surface area (TPSA) is 60.9 Å². The molecule has 1 aromatic carbocycles. The van der Waals surface area contributed by atoms with E-state index in [0.717, 1.165) is 5.69 Å². The number of nitrogens with zero attached hydrogens (tertiary/aromatic N) is 2. The Bertz CT molecular complexity index is 496. The second-order valence-corrected chi connectivity index (χ2v) is 7.40. The molecular weight excluding hydrogens is 320 g/mol. The Morgan fingerprint density at radius 3 is 2.17 bits per heavy atom. The van der Waals surface area contributed by atoms with Crippen molar-refractivity contribution in [1.29, 1.82) is 0 Å². The second-order valence-electron chi connectivity index (χ2n) is 4.12. The van der Waals surface area contributed by atoms with Crippen LogP contribution in [0.15, 0.2) is 24.3 Å². The summed E-state index contributed by atoms with van der Waals surface area (Å²) in [6.07, 6.45) is 0. The molecule has 0 unspecified atom stereocenters. The lowest BCUT2D eigenvalue weighted by atomic mass is 10.2. The van der Waals surface area contributed by atoms with Crippen molar-refractivity contribution in [3.05, 3.63) is 24.3 Å². The quantitative estimate of drug-likeness (QED) is 0.843. The molecule has 100 valence electrons. The van der Waals surface area contributed by atoms with Gasteiger partial charge in [0.25, 0.3) is 0 Å². The highest BCUT2D eigenvalue weighted by Crippen LogP contribution is 2.20. The van der Waals surface area contributed by atoms with Gasteiger partial charge < -0.3 is 10.0 Å². The van der Waals surface area contributed by atoms with E-state index < -0.39 is 10.0 Å². The molecule has 0 atom stereocenters. The molecule has 1 saturated heterocycles. The fraction of sp³-hybridized carbons (Fsp3) is 0.455. The zero-order valence-corrected chi connectivity index (χ0v) is 12.2. The lowest BCUT2D eigenvalue weighted by molar-refractivity contribution is 0.387. The molecule has 0 amide bonds. The van der Waals surface area contributed by atoms with E-state index in [-0.39, 0.29) is 10.4 Å². The number of phenols is 1. The largest absolute Gasteiger partial charge is 0.508 e. The van der Waals surface area contributed by atoms with Crippen LogP contribution in [-0.4, -0.2) is 48.7 Å². The van der Waals surface area contributed by atoms with E-state index in [1.165, 1.54) is 4.31 Å². The van der Waals surface area contributed by atoms with Crippen LogP contribution in [0.5, 0.6) is 5.75 Å². The van der Waals surface area contributed by atoms with E-state index in [9.17, 15) is 13.5 Å². The maximum Gasteiger partial charge on any atom is 0.224 e. The summed E-state index contributed by atoms with van der Waals surface area (Å²) < 4.78 is 24.8. The number of aromatic hydroxyl groups is 1. The van der Waals surface area contributed by atoms with Crippen LogP contribution in [0.1, 0.15) is 0 Å². The first-order valence-corrected chi connectivity index (χ1v) is 8.34. The van der Waals surface area contributed by atoms with Gasteiger partial charge >= 0.3 is 0 Å². The first kappa shape index (κ1) is 13.6. The van der Waals surface area contributed by atoms with Gasteiger partial charge in [0.05, 0.1) is 0 Å². The first-order valence-electron chi connectivity index (χ1n) is 5.61. The third kappa shape index (κ3) is 2.96. The number of hydrogen-bond acceptors (Lipinski definition) is 4. The number of halogens is 1. The maximum absolute atomic E-state index is 11.7. The van der Waals surface area contributed by atoms with Crippen LogP contribution in [0.25, 0.3) is 0 Å². The lowest BCUT2D eigenvalue weighted by Gasteiger charge is -2.35. The minimum Gasteiger partial charge on any atom is -0.508 e. The van der Waals surface area contributed by atoms with Gasteiger partial charge in [-0.2, -0.15) is 4.31 Å². The minimum absolute atomic E-state index is 0.0286. The van der Waals surface area contributed by atoms with Gasteiger partial charge in [0.2, 0.25) is 10.0 Å². The van der Waals surface area contributed by atoms with Crippen molar-refractivity contribution >= 4 is 31.6 Å². The van der Waals surface area contributed by atoms with Crippen LogP contribution < -0.4 is 4.90 Å². The summed E-state index contributed by atoms with van der Waals surface area (Å²) in [4.78, 5) is 2.11. The van der Waals surface area contributed by atoms with E-state index in [0.29, 0.717) is 26.2 Å². The fourth-order valence-corrected chi connectivity index (χ4v) is 3.68. The van der Waals surface area contributed by atoms with Gasteiger partial charge in [-0.15, -0.1) is 0 Å². The third-order valence-electron chi connectivity index (χ3n) is 2.98. The zero-order chi connectivity index (χ0) is 13.2. The Morgan fingerprint density at radius 1 is 1.11 bits per heavy atom. The van der Waals surface area contributed by atoms with Crippen LogP contribution in [0.3, 0.4) is 0 Å². The number of anilines is 1. The molecule has 0 radical (unpaired) electrons. The SMILES string of the molecule is O=S(=O)(CBr)N1CCN(c2ccc(O)cc2)CC1. The van der Waals surface area contributed by atoms with E-state index >= 15 is 0 Å². The van der Waals surface area contributed by atoms with Gasteiger partial charge in [-0.1, -0.05) is 15.9 Å². The van der Waals surface area contributed by atoms with E-state index in [1.54, 1.807) is 12.1 Å². The number of rotatable bonds is 3. The fourth-order valence-electron chi connectivity index (χ4n) is 1.96. The molecule has 1 N–H and O–H groups in total. The van der Waals surface area contributed by atoms with Crippen LogP contribution in [0, 0.1) is 0 Å². The summed E-state index contributed by atoms with van der Waals surface area (Å²) in [5.74, 6) is 0.235. The van der Waals surface area contributed by atoms with Gasteiger partial charge in [-0.3, -0.25) is 0 Å². The average molecular weight is 335 g/mol. The van der Waals surface area contributed by atoms with Crippen LogP contribution in [0.4, 0.5) is 5.69 Å². The van der Waals surface area contributed by atoms with Crippen LogP contribution in [-0.2, 0) is 10.0 Å². The molecule has 0 bridgehead atoms. The normalized spacial score (nSPS) is 17.9. The summed E-state index contributed by atoms with van der Waals surface area (Å²) in [5.41, 5.74) is 1.00. The van der Waals surface area contributed by atoms with Crippen molar-refractivity contribution in [2.45, 2.75) is 0 Å². The van der Waals surface area contributed by atoms with Crippen LogP contribution >= 0.6 is 15.9 Å². The molecular formula is C11H15BrN2O3S. The third-order valence-corrected chi connectivity index (χ3v) is 6.15. The summed E-state index contributed by atoms with van der Waals surface area (Å²) in [5, 5.41) is 9.22. The number of alkyl halides is 1. The highest BCUT2D eigenvalue weighted by Gasteiger charge is 2.25. The summed E-state index contributed by atoms with van der Waals surface area (Å²) >= 11 is 3.00. The van der Waals surface area contributed by atoms with Crippen molar-refractivity contribution in [2.75, 3.05) is 35.7 Å². The molecule has 0 saturated carbocycles. The Labute approximate surface area is 115 Å². The summed E-state index contributed by atoms with van der Waals surface area (Å²) in [7, 11) is -3.15. The highest BCUT2D eigenvalue weighted by molar-refractivity contribution is 9.10. The molecule has 1 aliphatic rings. The average Bonchev–Trinajstić information content (AvgIpc) is 2.40. The van der Waals surface area contributed by atoms with Gasteiger partial charge in [0.1, 0.15) is 10.4 Å². The van der Waals surface area contributed by atoms with Crippen molar-refractivity contribution < 1.29 is 13.5 Å². The van der Waals surface area contributed by atoms with E-state index in [1.807, 2.05) is 12.1 Å². The number of sulfonamides is 1. The predicted octanol–water partition coefficient (Wildman–Crippen LogP) is 1.20. The van der Waals surface area contributed by atoms with Gasteiger partial charge in [0.15, 0.2) is 0 Å². The standard InChI is InChI=1S/C11H15BrN2O3S/c12-9-18(16,17)14-7-5-13(6-8-14)10-1-3-11(15)4-2-10/h1-4,15H,5-9H2. The van der Waals surface area contributed by atoms with E-state index in [2.05, 4.69) is 20.8 Å². The highest BCUT2D eigenvalue weighted by atomic mass is 79.9. The van der Waals surface area contributed by atoms with Crippen LogP contribution in [0.2, 0.25) is 0 Å². The summed E-state index contributed by atoms with van der Waals surface area (Å²) in [6.45, 7) is 2.32. The second kappa shape index (κ2) is 5.46. The minimum atomic E-state index is -3.15. The number of benzene rings is 1. The Hall–Kier alpha value is -0.790. The summed E-state index contributed by atoms with van der Waals surface area (Å²) in [6, 6.07) is 6.95. The number of hydrogen-bond donors (Lipinski definition) is 1. The molecule has 7 heteroatoms. The Morgan fingerprint density at radius 2 is 1.67 bits per heavy atom. The molecule has 0 aromatic heterocycles. The smallest absolute Gasteiger partial charge is 0.224 e. The molecule has 1 aromatic rings. The molecule has 0 spiro atoms. The van der Waals surface area contributed by atoms with Crippen molar-refractivity contribution in [3.8, 4) is 5.75 Å². The monoisotopic (exact) mass is 334 g/mol. The number of piperazine rings is 1. The molecule has 1 fully saturated rings. The van der Waals surface area contributed by atoms with Gasteiger partial charge in [0, 0.05) is 31.9 Å². The molecule has 0 aliphatic carbocycles. The van der Waals surface area contributed by atoms with Gasteiger partial charge in [-0.05, 0) is 24.3 Å².